The first-order chi connectivity index (χ1) is 21.6. The van der Waals surface area contributed by atoms with Gasteiger partial charge in [-0.15, -0.1) is 0 Å². The summed E-state index contributed by atoms with van der Waals surface area (Å²) in [5.74, 6) is -6.46. The third kappa shape index (κ3) is 6.34. The summed E-state index contributed by atoms with van der Waals surface area (Å²) in [5.41, 5.74) is -1.11. The van der Waals surface area contributed by atoms with E-state index >= 15 is 0 Å². The number of hydrogen-bond donors (Lipinski definition) is 6. The summed E-state index contributed by atoms with van der Waals surface area (Å²) < 4.78 is 0. The number of rotatable bonds is 11. The minimum absolute atomic E-state index is 0.00933. The second-order valence-electron chi connectivity index (χ2n) is 9.22. The smallest absolute Gasteiger partial charge is 0.338 e. The Kier molecular flexibility index (Phi) is 8.29. The van der Waals surface area contributed by atoms with Gasteiger partial charge in [-0.1, -0.05) is 48.5 Å². The highest BCUT2D eigenvalue weighted by molar-refractivity contribution is 6.07. The number of nitrogens with zero attached hydrogens (tertiary/aromatic N) is 4. The quantitative estimate of drug-likeness (QED) is 0.108. The topological polar surface area (TPSA) is 215 Å². The Labute approximate surface area is 253 Å². The molecule has 14 nitrogen and oxygen atoms in total. The predicted octanol–water partition coefficient (Wildman–Crippen LogP) is 5.62. The zero-order valence-electron chi connectivity index (χ0n) is 22.9. The van der Waals surface area contributed by atoms with Gasteiger partial charge >= 0.3 is 23.9 Å². The molecule has 0 radical (unpaired) electrons. The Morgan fingerprint density at radius 3 is 1.24 bits per heavy atom. The van der Waals surface area contributed by atoms with Gasteiger partial charge < -0.3 is 31.1 Å². The number of benzene rings is 4. The van der Waals surface area contributed by atoms with Gasteiger partial charge in [0.15, 0.2) is 0 Å². The van der Waals surface area contributed by atoms with Crippen LogP contribution in [0.4, 0.5) is 40.6 Å². The van der Waals surface area contributed by atoms with Crippen molar-refractivity contribution in [2.45, 2.75) is 0 Å². The van der Waals surface area contributed by atoms with E-state index in [4.69, 9.17) is 0 Å². The number of hydrogen-bond acceptors (Lipinski definition) is 10. The maximum atomic E-state index is 12.1. The molecule has 0 aliphatic rings. The van der Waals surface area contributed by atoms with E-state index in [-0.39, 0.29) is 29.2 Å². The van der Waals surface area contributed by atoms with E-state index in [0.29, 0.717) is 11.4 Å². The summed E-state index contributed by atoms with van der Waals surface area (Å²) >= 11 is 0. The Bertz CT molecular complexity index is 1800. The van der Waals surface area contributed by atoms with Gasteiger partial charge in [0.25, 0.3) is 0 Å². The molecule has 0 aliphatic carbocycles. The fourth-order valence-corrected chi connectivity index (χ4v) is 4.48. The van der Waals surface area contributed by atoms with Crippen LogP contribution in [0.3, 0.4) is 0 Å². The molecule has 0 bridgehead atoms. The van der Waals surface area contributed by atoms with Crippen LogP contribution in [0.15, 0.2) is 97.1 Å². The van der Waals surface area contributed by atoms with Crippen molar-refractivity contribution >= 4 is 64.5 Å². The summed E-state index contributed by atoms with van der Waals surface area (Å²) in [4.78, 5) is 62.7. The van der Waals surface area contributed by atoms with Crippen LogP contribution in [0.2, 0.25) is 0 Å². The largest absolute Gasteiger partial charge is 0.478 e. The van der Waals surface area contributed by atoms with Crippen molar-refractivity contribution in [1.82, 2.24) is 15.0 Å². The Morgan fingerprint density at radius 1 is 0.489 bits per heavy atom. The molecule has 5 aromatic rings. The van der Waals surface area contributed by atoms with Gasteiger partial charge in [0, 0.05) is 11.4 Å². The molecule has 6 N–H and O–H groups in total. The molecule has 0 atom stereocenters. The van der Waals surface area contributed by atoms with E-state index in [1.807, 2.05) is 12.1 Å². The summed E-state index contributed by atoms with van der Waals surface area (Å²) in [6.07, 6.45) is 0. The van der Waals surface area contributed by atoms with Gasteiger partial charge in [-0.05, 0) is 48.5 Å². The summed E-state index contributed by atoms with van der Waals surface area (Å²) in [7, 11) is 0. The second kappa shape index (κ2) is 12.6. The highest BCUT2D eigenvalue weighted by Gasteiger charge is 2.24. The fourth-order valence-electron chi connectivity index (χ4n) is 4.48. The van der Waals surface area contributed by atoms with Crippen LogP contribution in [0.1, 0.15) is 41.4 Å². The van der Waals surface area contributed by atoms with Crippen LogP contribution in [-0.4, -0.2) is 59.3 Å². The van der Waals surface area contributed by atoms with Crippen molar-refractivity contribution in [3.63, 3.8) is 0 Å². The molecule has 1 heterocycles. The number of aromatic carboxylic acids is 4. The fraction of sp³-hybridized carbons (Fsp3) is 0. The van der Waals surface area contributed by atoms with Gasteiger partial charge in [0.2, 0.25) is 17.8 Å². The highest BCUT2D eigenvalue weighted by atomic mass is 16.4. The minimum Gasteiger partial charge on any atom is -0.478 e. The van der Waals surface area contributed by atoms with Crippen molar-refractivity contribution in [3.05, 3.63) is 119 Å². The van der Waals surface area contributed by atoms with Gasteiger partial charge in [0.1, 0.15) is 0 Å². The standard InChI is InChI=1S/C31H22N6O8/c38-25(39)19-13-7-15-21(23(19)27(42)43)32-29-34-30(33-22-16-8-14-20(26(40)41)24(22)28(44)45)36-31(35-29)37(17-9-3-1-4-10-17)18-11-5-2-6-12-18/h1-16H,(H,38,39)(H,40,41)(H,42,43)(H,44,45)(H2,32,33,34,35,36). The number of aromatic nitrogens is 3. The molecule has 0 spiro atoms. The SMILES string of the molecule is O=C(O)c1cccc(Nc2nc(Nc3cccc(C(=O)O)c3C(=O)O)nc(N(c3ccccc3)c3ccccc3)n2)c1C(=O)O. The Balaban J connectivity index is 1.72. The zero-order chi connectivity index (χ0) is 32.1. The van der Waals surface area contributed by atoms with E-state index in [1.54, 1.807) is 53.4 Å². The monoisotopic (exact) mass is 606 g/mol. The molecule has 224 valence electrons. The molecule has 0 unspecified atom stereocenters. The third-order valence-corrected chi connectivity index (χ3v) is 6.36. The zero-order valence-corrected chi connectivity index (χ0v) is 22.9. The molecule has 0 amide bonds. The molecule has 4 aromatic carbocycles. The lowest BCUT2D eigenvalue weighted by Crippen LogP contribution is -2.17. The highest BCUT2D eigenvalue weighted by Crippen LogP contribution is 2.34. The number of carbonyl (C=O) groups is 4. The molecule has 0 saturated carbocycles. The molecule has 1 aromatic heterocycles. The summed E-state index contributed by atoms with van der Waals surface area (Å²) in [6, 6.07) is 25.5. The van der Waals surface area contributed by atoms with Crippen molar-refractivity contribution in [2.75, 3.05) is 15.5 Å². The van der Waals surface area contributed by atoms with E-state index in [2.05, 4.69) is 25.6 Å². The molecule has 5 rings (SSSR count). The normalized spacial score (nSPS) is 10.5. The number of anilines is 7. The maximum Gasteiger partial charge on any atom is 0.338 e. The van der Waals surface area contributed by atoms with Gasteiger partial charge in [-0.2, -0.15) is 15.0 Å². The van der Waals surface area contributed by atoms with Crippen LogP contribution < -0.4 is 15.5 Å². The van der Waals surface area contributed by atoms with E-state index in [0.717, 1.165) is 12.1 Å². The van der Waals surface area contributed by atoms with Crippen molar-refractivity contribution in [2.24, 2.45) is 0 Å². The second-order valence-corrected chi connectivity index (χ2v) is 9.22. The molecular formula is C31H22N6O8. The number of carboxylic acids is 4. The number of nitrogens with one attached hydrogen (secondary N) is 2. The Morgan fingerprint density at radius 2 is 0.889 bits per heavy atom. The van der Waals surface area contributed by atoms with E-state index in [1.165, 1.54) is 24.3 Å². The lowest BCUT2D eigenvalue weighted by molar-refractivity contribution is 0.0652. The molecule has 45 heavy (non-hydrogen) atoms. The van der Waals surface area contributed by atoms with Gasteiger partial charge in [-0.3, -0.25) is 4.90 Å². The average Bonchev–Trinajstić information content (AvgIpc) is 3.01. The first kappa shape index (κ1) is 29.7. The third-order valence-electron chi connectivity index (χ3n) is 6.36. The number of carboxylic acid groups (broad SMARTS) is 4. The van der Waals surface area contributed by atoms with Crippen LogP contribution in [-0.2, 0) is 0 Å². The van der Waals surface area contributed by atoms with Crippen molar-refractivity contribution < 1.29 is 39.6 Å². The summed E-state index contributed by atoms with van der Waals surface area (Å²) in [5, 5.41) is 44.3. The van der Waals surface area contributed by atoms with Crippen LogP contribution in [0, 0.1) is 0 Å². The van der Waals surface area contributed by atoms with Gasteiger partial charge in [0.05, 0.1) is 33.6 Å². The van der Waals surface area contributed by atoms with E-state index < -0.39 is 46.1 Å². The minimum atomic E-state index is -1.52. The maximum absolute atomic E-state index is 12.1. The van der Waals surface area contributed by atoms with Crippen LogP contribution in [0.25, 0.3) is 0 Å². The lowest BCUT2D eigenvalue weighted by atomic mass is 10.1. The first-order valence-electron chi connectivity index (χ1n) is 13.0. The lowest BCUT2D eigenvalue weighted by Gasteiger charge is -2.24. The predicted molar refractivity (Wildman–Crippen MR) is 162 cm³/mol. The van der Waals surface area contributed by atoms with Gasteiger partial charge in [-0.25, -0.2) is 19.2 Å². The number of para-hydroxylation sites is 2. The molecule has 0 saturated heterocycles. The van der Waals surface area contributed by atoms with Crippen LogP contribution >= 0.6 is 0 Å². The van der Waals surface area contributed by atoms with Crippen molar-refractivity contribution in [1.29, 1.82) is 0 Å². The molecule has 14 heteroatoms. The first-order valence-corrected chi connectivity index (χ1v) is 13.0. The van der Waals surface area contributed by atoms with Crippen molar-refractivity contribution in [3.8, 4) is 0 Å². The Hall–Kier alpha value is -6.83. The van der Waals surface area contributed by atoms with E-state index in [9.17, 15) is 39.6 Å². The molecular weight excluding hydrogens is 584 g/mol. The average molecular weight is 607 g/mol. The molecule has 0 fully saturated rings. The van der Waals surface area contributed by atoms with Crippen LogP contribution in [0.5, 0.6) is 0 Å². The summed E-state index contributed by atoms with van der Waals surface area (Å²) in [6.45, 7) is 0. The molecule has 0 aliphatic heterocycles.